The number of aliphatic hydroxyl groups is 1. The smallest absolute Gasteiger partial charge is 0.246 e. The van der Waals surface area contributed by atoms with E-state index in [0.29, 0.717) is 31.2 Å². The number of thiazole rings is 1. The number of unbranched alkanes of at least 4 members (excludes halogenated alkanes) is 1. The van der Waals surface area contributed by atoms with Crippen LogP contribution in [0.5, 0.6) is 0 Å². The first-order chi connectivity index (χ1) is 25.5. The van der Waals surface area contributed by atoms with Crippen molar-refractivity contribution in [3.05, 3.63) is 76.2 Å². The van der Waals surface area contributed by atoms with E-state index < -0.39 is 47.3 Å². The summed E-state index contributed by atoms with van der Waals surface area (Å²) in [4.78, 5) is 58.2. The largest absolute Gasteiger partial charge is 0.391 e. The number of aromatic nitrogens is 1. The lowest BCUT2D eigenvalue weighted by Crippen LogP contribution is -2.57. The highest BCUT2D eigenvalue weighted by Crippen LogP contribution is 2.28. The van der Waals surface area contributed by atoms with E-state index in [0.717, 1.165) is 27.3 Å². The van der Waals surface area contributed by atoms with Gasteiger partial charge in [0.1, 0.15) is 17.9 Å². The molecule has 0 aliphatic carbocycles. The molecule has 1 saturated heterocycles. The number of hydrogen-bond acceptors (Lipinski definition) is 9. The fourth-order valence-electron chi connectivity index (χ4n) is 6.38. The fraction of sp³-hybridized carbons (Fsp3) is 0.525. The summed E-state index contributed by atoms with van der Waals surface area (Å²) >= 11 is 1.57. The molecule has 0 bridgehead atoms. The summed E-state index contributed by atoms with van der Waals surface area (Å²) in [7, 11) is 0. The topological polar surface area (TPSA) is 190 Å². The van der Waals surface area contributed by atoms with E-state index in [4.69, 9.17) is 16.2 Å². The highest BCUT2D eigenvalue weighted by atomic mass is 32.1. The van der Waals surface area contributed by atoms with Crippen LogP contribution in [0.15, 0.2) is 48.0 Å². The summed E-state index contributed by atoms with van der Waals surface area (Å²) in [5.41, 5.74) is 16.4. The molecule has 5 atom stereocenters. The molecule has 2 heterocycles. The van der Waals surface area contributed by atoms with Crippen LogP contribution in [0.2, 0.25) is 0 Å². The second kappa shape index (κ2) is 19.4. The van der Waals surface area contributed by atoms with E-state index in [1.165, 1.54) is 11.0 Å². The number of hydrogen-bond donors (Lipinski definition) is 5. The van der Waals surface area contributed by atoms with E-state index in [-0.39, 0.29) is 56.9 Å². The van der Waals surface area contributed by atoms with Gasteiger partial charge in [0.25, 0.3) is 0 Å². The molecule has 0 saturated carbocycles. The van der Waals surface area contributed by atoms with Crippen LogP contribution in [-0.2, 0) is 43.5 Å². The number of β-amino-alcohol motifs (C(OH)–C–C–N with tert-alkyl or cyclic N) is 1. The summed E-state index contributed by atoms with van der Waals surface area (Å²) in [5, 5.41) is 16.3. The summed E-state index contributed by atoms with van der Waals surface area (Å²) < 4.78 is 20.5. The van der Waals surface area contributed by atoms with Crippen LogP contribution in [0.25, 0.3) is 10.4 Å². The first-order valence-corrected chi connectivity index (χ1v) is 19.4. The van der Waals surface area contributed by atoms with Gasteiger partial charge in [-0.3, -0.25) is 19.2 Å². The second-order valence-corrected chi connectivity index (χ2v) is 16.1. The number of rotatable bonds is 18. The number of benzene rings is 2. The van der Waals surface area contributed by atoms with Crippen LogP contribution in [0.4, 0.5) is 4.39 Å². The monoisotopic (exact) mass is 766 g/mol. The van der Waals surface area contributed by atoms with Gasteiger partial charge in [-0.2, -0.15) is 0 Å². The quantitative estimate of drug-likeness (QED) is 0.119. The number of primary amides is 1. The number of amides is 4. The van der Waals surface area contributed by atoms with Gasteiger partial charge in [0.15, 0.2) is 0 Å². The van der Waals surface area contributed by atoms with Crippen molar-refractivity contribution in [1.82, 2.24) is 20.5 Å². The second-order valence-electron chi connectivity index (χ2n) is 15.3. The fourth-order valence-corrected chi connectivity index (χ4v) is 7.19. The summed E-state index contributed by atoms with van der Waals surface area (Å²) in [5.74, 6) is -1.92. The van der Waals surface area contributed by atoms with Crippen LogP contribution >= 0.6 is 11.3 Å². The standard InChI is InChI=1S/C40H55FN6O6S/c1-24-36(54-23-45-24)28-13-11-27(12-14-28)20-44-38(51)33-19-30(48)21-47(33)39(52)37(40(3,4)5)46-35(50)9-7-6-8-26-10-15-29(31(41)18-26)22-53-25(2)32(42)16-17-34(43)49/h10-15,18,23,25,30,32-33,37,48H,6-9,16-17,19-22,42H2,1-5H3,(H2,43,49)(H,44,51)(H,46,50)/t25-,30-,32+,33+,37-/m1/s1. The van der Waals surface area contributed by atoms with Gasteiger partial charge in [0.05, 0.1) is 34.9 Å². The molecule has 1 aliphatic rings. The summed E-state index contributed by atoms with van der Waals surface area (Å²) in [6.45, 7) is 9.56. The van der Waals surface area contributed by atoms with Gasteiger partial charge in [-0.15, -0.1) is 11.3 Å². The molecule has 1 aliphatic heterocycles. The Morgan fingerprint density at radius 1 is 1.09 bits per heavy atom. The number of aliphatic hydroxyl groups excluding tert-OH is 1. The molecule has 14 heteroatoms. The Labute approximate surface area is 321 Å². The molecule has 1 fully saturated rings. The molecule has 294 valence electrons. The van der Waals surface area contributed by atoms with Gasteiger partial charge in [-0.25, -0.2) is 9.37 Å². The van der Waals surface area contributed by atoms with Crippen molar-refractivity contribution < 1.29 is 33.4 Å². The molecule has 0 spiro atoms. The van der Waals surface area contributed by atoms with E-state index in [1.807, 2.05) is 63.5 Å². The van der Waals surface area contributed by atoms with Crippen LogP contribution < -0.4 is 22.1 Å². The van der Waals surface area contributed by atoms with Crippen molar-refractivity contribution in [3.63, 3.8) is 0 Å². The minimum absolute atomic E-state index is 0.00668. The Balaban J connectivity index is 1.25. The third-order valence-electron chi connectivity index (χ3n) is 9.78. The SMILES string of the molecule is Cc1ncsc1-c1ccc(CNC(=O)[C@@H]2C[C@@H](O)CN2C(=O)[C@@H](NC(=O)CCCCc2ccc(CO[C@H](C)[C@@H](N)CCC(N)=O)c(F)c2)C(C)(C)C)cc1. The predicted octanol–water partition coefficient (Wildman–Crippen LogP) is 4.28. The Hall–Kier alpha value is -4.24. The van der Waals surface area contributed by atoms with E-state index in [2.05, 4.69) is 15.6 Å². The lowest BCUT2D eigenvalue weighted by Gasteiger charge is -2.35. The number of likely N-dealkylation sites (tertiary alicyclic amines) is 1. The van der Waals surface area contributed by atoms with Crippen molar-refractivity contribution in [2.75, 3.05) is 6.54 Å². The molecule has 0 unspecified atom stereocenters. The van der Waals surface area contributed by atoms with Gasteiger partial charge in [-0.1, -0.05) is 57.2 Å². The minimum Gasteiger partial charge on any atom is -0.391 e. The number of ether oxygens (including phenoxy) is 1. The molecule has 12 nitrogen and oxygen atoms in total. The van der Waals surface area contributed by atoms with Crippen LogP contribution in [0, 0.1) is 18.2 Å². The zero-order chi connectivity index (χ0) is 39.6. The highest BCUT2D eigenvalue weighted by Gasteiger charge is 2.44. The first kappa shape index (κ1) is 42.5. The molecule has 2 aromatic carbocycles. The van der Waals surface area contributed by atoms with E-state index >= 15 is 0 Å². The Morgan fingerprint density at radius 2 is 1.80 bits per heavy atom. The van der Waals surface area contributed by atoms with Gasteiger partial charge in [0, 0.05) is 44.0 Å². The number of halogens is 1. The van der Waals surface area contributed by atoms with Crippen LogP contribution in [0.1, 0.15) is 88.6 Å². The molecule has 4 rings (SSSR count). The molecule has 3 aromatic rings. The lowest BCUT2D eigenvalue weighted by molar-refractivity contribution is -0.144. The van der Waals surface area contributed by atoms with Crippen molar-refractivity contribution in [2.24, 2.45) is 16.9 Å². The maximum absolute atomic E-state index is 14.8. The number of carbonyl (C=O) groups is 4. The maximum Gasteiger partial charge on any atom is 0.246 e. The predicted molar refractivity (Wildman–Crippen MR) is 206 cm³/mol. The molecule has 0 radical (unpaired) electrons. The van der Waals surface area contributed by atoms with Crippen molar-refractivity contribution >= 4 is 35.0 Å². The molecular weight excluding hydrogens is 712 g/mol. The lowest BCUT2D eigenvalue weighted by atomic mass is 9.85. The average Bonchev–Trinajstić information content (AvgIpc) is 3.74. The van der Waals surface area contributed by atoms with Crippen molar-refractivity contribution in [1.29, 1.82) is 0 Å². The number of nitrogens with zero attached hydrogens (tertiary/aromatic N) is 2. The maximum atomic E-state index is 14.8. The molecule has 4 amide bonds. The Kier molecular flexibility index (Phi) is 15.3. The molecular formula is C40H55FN6O6S. The number of carbonyl (C=O) groups excluding carboxylic acids is 4. The van der Waals surface area contributed by atoms with Crippen molar-refractivity contribution in [3.8, 4) is 10.4 Å². The normalized spacial score (nSPS) is 17.5. The highest BCUT2D eigenvalue weighted by molar-refractivity contribution is 7.13. The number of aryl methyl sites for hydroxylation is 2. The van der Waals surface area contributed by atoms with Crippen LogP contribution in [-0.4, -0.2) is 75.5 Å². The van der Waals surface area contributed by atoms with Gasteiger partial charge >= 0.3 is 0 Å². The third kappa shape index (κ3) is 12.1. The summed E-state index contributed by atoms with van der Waals surface area (Å²) in [6.07, 6.45) is 1.25. The average molecular weight is 767 g/mol. The Bertz CT molecular complexity index is 1740. The number of nitrogens with one attached hydrogen (secondary N) is 2. The van der Waals surface area contributed by atoms with Crippen LogP contribution in [0.3, 0.4) is 0 Å². The van der Waals surface area contributed by atoms with Gasteiger partial charge in [-0.05, 0) is 67.7 Å². The number of nitrogens with two attached hydrogens (primary N) is 2. The zero-order valence-corrected chi connectivity index (χ0v) is 32.7. The zero-order valence-electron chi connectivity index (χ0n) is 31.9. The molecule has 1 aromatic heterocycles. The molecule has 7 N–H and O–H groups in total. The first-order valence-electron chi connectivity index (χ1n) is 18.5. The summed E-state index contributed by atoms with van der Waals surface area (Å²) in [6, 6.07) is 10.6. The van der Waals surface area contributed by atoms with Gasteiger partial charge < -0.3 is 36.8 Å². The van der Waals surface area contributed by atoms with E-state index in [9.17, 15) is 28.7 Å². The Morgan fingerprint density at radius 3 is 2.43 bits per heavy atom. The van der Waals surface area contributed by atoms with Gasteiger partial charge in [0.2, 0.25) is 23.6 Å². The van der Waals surface area contributed by atoms with E-state index in [1.54, 1.807) is 24.3 Å². The molecule has 54 heavy (non-hydrogen) atoms. The third-order valence-corrected chi connectivity index (χ3v) is 10.8. The minimum atomic E-state index is -0.919. The van der Waals surface area contributed by atoms with Crippen molar-refractivity contribution in [2.45, 2.75) is 123 Å².